The molecule has 9 N–H and O–H groups in total. The molecule has 1 aromatic heterocycles. The lowest BCUT2D eigenvalue weighted by atomic mass is 9.43. The van der Waals surface area contributed by atoms with Crippen molar-refractivity contribution in [2.24, 2.45) is 139 Å². The molecule has 12 aliphatic rings. The molecule has 1 heterocycles. The number of nitro groups is 1. The molecule has 19 nitrogen and oxygen atoms in total. The number of fused-ring (bicyclic) bond motifs is 16. The van der Waals surface area contributed by atoms with Crippen molar-refractivity contribution in [3.8, 4) is 0 Å². The summed E-state index contributed by atoms with van der Waals surface area (Å²) in [5, 5.41) is 104. The molecule has 14 rings (SSSR count). The van der Waals surface area contributed by atoms with Gasteiger partial charge in [-0.05, 0) is 309 Å². The molecule has 0 bridgehead atoms. The Morgan fingerprint density at radius 3 is 1.28 bits per heavy atom. The summed E-state index contributed by atoms with van der Waals surface area (Å²) in [7, 11) is 1.44. The second kappa shape index (κ2) is 26.3. The zero-order valence-electron chi connectivity index (χ0n) is 60.7. The highest BCUT2D eigenvalue weighted by atomic mass is 16.6. The molecule has 12 fully saturated rings. The van der Waals surface area contributed by atoms with E-state index >= 15 is 0 Å². The number of nitrogens with one attached hydrogen (secondary N) is 3. The number of rotatable bonds is 17. The number of hydrogen-bond donors (Lipinski definition) is 9. The van der Waals surface area contributed by atoms with Gasteiger partial charge in [0.25, 0.3) is 0 Å². The van der Waals surface area contributed by atoms with Crippen LogP contribution in [0.1, 0.15) is 236 Å². The van der Waals surface area contributed by atoms with Gasteiger partial charge in [-0.15, -0.1) is 0 Å². The lowest BCUT2D eigenvalue weighted by Gasteiger charge is -2.64. The molecular weight excluding hydrogens is 1240 g/mol. The average Bonchev–Trinajstić information content (AvgIpc) is 1.36. The van der Waals surface area contributed by atoms with E-state index in [-0.39, 0.29) is 186 Å². The minimum absolute atomic E-state index is 0.0190. The zero-order chi connectivity index (χ0) is 69.7. The number of carbonyl (C=O) groups excluding carboxylic acids is 3. The average molecular weight is 1360 g/mol. The van der Waals surface area contributed by atoms with Crippen LogP contribution in [0.15, 0.2) is 16.8 Å². The molecule has 2 aromatic rings. The molecule has 12 saturated carbocycles. The Morgan fingerprint density at radius 2 is 0.888 bits per heavy atom. The number of nitrogens with zero attached hydrogens (tertiary/aromatic N) is 3. The van der Waals surface area contributed by atoms with Gasteiger partial charge in [0.1, 0.15) is 0 Å². The molecule has 2 amide bonds. The molecule has 1 aromatic carbocycles. The Kier molecular flexibility index (Phi) is 19.1. The van der Waals surface area contributed by atoms with Crippen molar-refractivity contribution in [3.63, 3.8) is 0 Å². The van der Waals surface area contributed by atoms with E-state index in [0.29, 0.717) is 62.6 Å². The number of esters is 1. The van der Waals surface area contributed by atoms with E-state index < -0.39 is 41.5 Å². The smallest absolute Gasteiger partial charge is 0.305 e. The largest absolute Gasteiger partial charge is 0.469 e. The van der Waals surface area contributed by atoms with Crippen LogP contribution in [0.4, 0.5) is 11.4 Å². The molecule has 0 saturated heterocycles. The van der Waals surface area contributed by atoms with Gasteiger partial charge in [0.05, 0.1) is 54.3 Å². The first-order valence-corrected chi connectivity index (χ1v) is 39.4. The summed E-state index contributed by atoms with van der Waals surface area (Å²) in [5.41, 5.74) is -0.181. The minimum Gasteiger partial charge on any atom is -0.469 e. The number of benzene rings is 1. The predicted octanol–water partition coefficient (Wildman–Crippen LogP) is 12.1. The SMILES string of the molecule is COC(=O)CC[C@@H](C)[C@H]1CC[C@H]2[C@@H]3[C@H](O)C[C@@H]4C[C@H](NC(=O)CC[C@@H](C)[C@H]5CC[C@H]6[C@@H]7[C@H](O)C[C@@H]8C[C@H](NC(=O)CC[C@@H](C)[C@H]9CC[C@H]%10[C@@H]%11[C@H](O)C[C@@H]%12C[C@H](Nc%13ccc([N+](=O)[O-])c%14nonc%13%14)CC[C@]%12(C)[C@H]%11C[C@H](O)[C@]9%10C)CC[C@]8(C)[C@H]7C[C@H](O)[C@]56C)CC[C@]4(C)[C@H]3C[C@H](O)[C@]12C. The third-order valence-electron chi connectivity index (χ3n) is 34.0. The Morgan fingerprint density at radius 1 is 0.520 bits per heavy atom. The zero-order valence-corrected chi connectivity index (χ0v) is 60.7. The second-order valence-corrected chi connectivity index (χ2v) is 37.5. The van der Waals surface area contributed by atoms with Crippen molar-refractivity contribution in [1.29, 1.82) is 0 Å². The fourth-order valence-corrected chi connectivity index (χ4v) is 28.6. The number of aliphatic hydroxyl groups excluding tert-OH is 6. The first-order chi connectivity index (χ1) is 46.5. The van der Waals surface area contributed by atoms with E-state index in [1.807, 2.05) is 0 Å². The molecule has 0 aliphatic heterocycles. The van der Waals surface area contributed by atoms with Gasteiger partial charge in [-0.2, -0.15) is 0 Å². The Bertz CT molecular complexity index is 3300. The quantitative estimate of drug-likeness (QED) is 0.0404. The fraction of sp³-hybridized carbons (Fsp3) is 0.886. The molecule has 98 heavy (non-hydrogen) atoms. The number of nitro benzene ring substituents is 1. The van der Waals surface area contributed by atoms with Gasteiger partial charge in [-0.25, -0.2) is 4.63 Å². The predicted molar refractivity (Wildman–Crippen MR) is 371 cm³/mol. The number of hydrogen-bond acceptors (Lipinski definition) is 16. The molecular formula is C79H122N6O13. The summed E-state index contributed by atoms with van der Waals surface area (Å²) in [5.74, 6) is 3.73. The maximum absolute atomic E-state index is 14.1. The fourth-order valence-electron chi connectivity index (χ4n) is 28.6. The summed E-state index contributed by atoms with van der Waals surface area (Å²) in [4.78, 5) is 51.4. The highest BCUT2D eigenvalue weighted by molar-refractivity contribution is 5.93. The number of amides is 2. The third kappa shape index (κ3) is 11.4. The van der Waals surface area contributed by atoms with Crippen LogP contribution in [-0.2, 0) is 19.1 Å². The van der Waals surface area contributed by atoms with Gasteiger partial charge in [-0.3, -0.25) is 24.5 Å². The highest BCUT2D eigenvalue weighted by Crippen LogP contribution is 2.72. The molecule has 546 valence electrons. The van der Waals surface area contributed by atoms with Crippen molar-refractivity contribution in [1.82, 2.24) is 20.9 Å². The Balaban J connectivity index is 0.536. The van der Waals surface area contributed by atoms with E-state index in [9.17, 15) is 55.1 Å². The van der Waals surface area contributed by atoms with E-state index in [1.165, 1.54) is 13.2 Å². The number of aliphatic hydroxyl groups is 6. The summed E-state index contributed by atoms with van der Waals surface area (Å²) in [6, 6.07) is 3.28. The van der Waals surface area contributed by atoms with Gasteiger partial charge in [-0.1, -0.05) is 62.3 Å². The molecule has 0 radical (unpaired) electrons. The van der Waals surface area contributed by atoms with Crippen molar-refractivity contribution >= 4 is 40.2 Å². The third-order valence-corrected chi connectivity index (χ3v) is 34.0. The monoisotopic (exact) mass is 1360 g/mol. The second-order valence-electron chi connectivity index (χ2n) is 37.5. The summed E-state index contributed by atoms with van der Waals surface area (Å²) in [6.07, 6.45) is 18.7. The normalized spacial score (nSPS) is 48.5. The molecule has 19 heteroatoms. The van der Waals surface area contributed by atoms with Gasteiger partial charge in [0, 0.05) is 43.5 Å². The van der Waals surface area contributed by atoms with Crippen LogP contribution < -0.4 is 16.0 Å². The van der Waals surface area contributed by atoms with Crippen molar-refractivity contribution < 1.29 is 59.3 Å². The highest BCUT2D eigenvalue weighted by Gasteiger charge is 2.70. The number of methoxy groups -OCH3 is 1. The molecule has 0 unspecified atom stereocenters. The van der Waals surface area contributed by atoms with Crippen molar-refractivity contribution in [2.45, 2.75) is 290 Å². The first kappa shape index (κ1) is 71.0. The van der Waals surface area contributed by atoms with Crippen LogP contribution in [0.2, 0.25) is 0 Å². The number of non-ortho nitro benzene ring substituents is 1. The van der Waals surface area contributed by atoms with Crippen molar-refractivity contribution in [3.05, 3.63) is 22.2 Å². The van der Waals surface area contributed by atoms with E-state index in [0.717, 1.165) is 122 Å². The van der Waals surface area contributed by atoms with Gasteiger partial charge in [0.2, 0.25) is 17.3 Å². The molecule has 33 atom stereocenters. The minimum atomic E-state index is -0.512. The number of ether oxygens (including phenoxy) is 1. The number of carbonyl (C=O) groups is 3. The van der Waals surface area contributed by atoms with Crippen LogP contribution in [0.3, 0.4) is 0 Å². The van der Waals surface area contributed by atoms with E-state index in [1.54, 1.807) is 6.07 Å². The van der Waals surface area contributed by atoms with Crippen LogP contribution in [-0.4, -0.2) is 126 Å². The summed E-state index contributed by atoms with van der Waals surface area (Å²) >= 11 is 0. The lowest BCUT2D eigenvalue weighted by molar-refractivity contribution is -0.383. The van der Waals surface area contributed by atoms with Crippen LogP contribution in [0.25, 0.3) is 11.0 Å². The standard InChI is InChI=1S/C79H122N6O13/c1-40(49-14-17-52-69-55(37-63(89)77(49,52)7)74(4)28-25-46(31-43(74)34-60(69)86)80-58-20-21-59(85(95)96)73-72(58)83-98-84-73)11-22-66(92)81-47-26-29-75(5)44(32-47)35-61(87)70-53-18-15-50(78(53,8)64(90)38-56(70)75)41(2)12-23-67(93)82-48-27-30-76(6)45(33-48)36-62(88)71-54-19-16-51(42(3)13-24-68(94)97-10)79(54,9)65(91)39-57(71)76/h20-21,40-57,60-65,69-71,80,86-91H,11-19,22-39H2,1-10H3,(H,81,92)(H,82,93)/t40-,41-,42-,43+,44+,45+,46-,47-,48-,49-,50-,51-,52+,53+,54+,55+,56+,57+,60-,61-,62-,63+,64+,65+,69+,70+,71+,74+,75+,76+,77-,78-,79-/m1/s1. The topological polar surface area (TPSA) is 300 Å². The Labute approximate surface area is 581 Å². The van der Waals surface area contributed by atoms with Crippen molar-refractivity contribution in [2.75, 3.05) is 12.4 Å². The van der Waals surface area contributed by atoms with Gasteiger partial charge in [0.15, 0.2) is 5.52 Å². The lowest BCUT2D eigenvalue weighted by Crippen LogP contribution is -2.63. The summed E-state index contributed by atoms with van der Waals surface area (Å²) in [6.45, 7) is 20.9. The number of aromatic nitrogens is 2. The molecule has 0 spiro atoms. The van der Waals surface area contributed by atoms with Crippen LogP contribution >= 0.6 is 0 Å². The first-order valence-electron chi connectivity index (χ1n) is 39.4. The van der Waals surface area contributed by atoms with Crippen LogP contribution in [0.5, 0.6) is 0 Å². The van der Waals surface area contributed by atoms with Crippen LogP contribution in [0, 0.1) is 149 Å². The maximum atomic E-state index is 14.1. The maximum Gasteiger partial charge on any atom is 0.305 e. The van der Waals surface area contributed by atoms with E-state index in [2.05, 4.69) is 88.6 Å². The Hall–Kier alpha value is -4.01. The van der Waals surface area contributed by atoms with E-state index in [4.69, 9.17) is 9.37 Å². The van der Waals surface area contributed by atoms with Gasteiger partial charge >= 0.3 is 11.7 Å². The summed E-state index contributed by atoms with van der Waals surface area (Å²) < 4.78 is 9.90. The molecule has 12 aliphatic carbocycles. The van der Waals surface area contributed by atoms with Gasteiger partial charge < -0.3 is 51.3 Å². The number of anilines is 1.